The topological polar surface area (TPSA) is 120 Å². The van der Waals surface area contributed by atoms with Gasteiger partial charge in [-0.15, -0.1) is 0 Å². The van der Waals surface area contributed by atoms with Crippen molar-refractivity contribution in [3.05, 3.63) is 206 Å². The molecule has 4 N–H and O–H groups in total. The monoisotopic (exact) mass is 1010 g/mol. The summed E-state index contributed by atoms with van der Waals surface area (Å²) < 4.78 is 32.8. The third-order valence-corrected chi connectivity index (χ3v) is 11.7. The highest BCUT2D eigenvalue weighted by molar-refractivity contribution is 9.10. The molecule has 0 radical (unpaired) electrons. The van der Waals surface area contributed by atoms with E-state index in [1.165, 1.54) is 34.9 Å². The van der Waals surface area contributed by atoms with E-state index in [9.17, 15) is 18.4 Å². The van der Waals surface area contributed by atoms with Gasteiger partial charge in [-0.25, -0.2) is 18.1 Å². The summed E-state index contributed by atoms with van der Waals surface area (Å²) in [5.41, 5.74) is 13.9. The predicted molar refractivity (Wildman–Crippen MR) is 268 cm³/mol. The Balaban J connectivity index is 0.000000150. The fraction of sp³-hybridized carbons (Fsp3) is 0.132. The van der Waals surface area contributed by atoms with E-state index in [0.717, 1.165) is 67.3 Å². The smallest absolute Gasteiger partial charge is 0.251 e. The lowest BCUT2D eigenvalue weighted by molar-refractivity contribution is 0.0950. The molecular weight excluding hydrogens is 964 g/mol. The van der Waals surface area contributed by atoms with Crippen LogP contribution in [0.4, 0.5) is 14.5 Å². The number of amides is 1. The van der Waals surface area contributed by atoms with Crippen molar-refractivity contribution in [3.8, 4) is 22.5 Å². The molecule has 0 spiro atoms. The van der Waals surface area contributed by atoms with E-state index in [4.69, 9.17) is 5.84 Å². The molecule has 66 heavy (non-hydrogen) atoms. The van der Waals surface area contributed by atoms with E-state index >= 15 is 0 Å². The van der Waals surface area contributed by atoms with Gasteiger partial charge < -0.3 is 10.7 Å². The van der Waals surface area contributed by atoms with Gasteiger partial charge in [-0.2, -0.15) is 10.2 Å². The molecule has 0 unspecified atom stereocenters. The number of carbonyl (C=O) groups excluding carboxylic acids is 2. The lowest BCUT2D eigenvalue weighted by Crippen LogP contribution is -2.25. The van der Waals surface area contributed by atoms with Gasteiger partial charge in [0.25, 0.3) is 5.91 Å². The number of nitrogens with one attached hydrogen (secondary N) is 2. The molecule has 0 atom stereocenters. The number of nitrogen functional groups attached to an aromatic ring is 1. The van der Waals surface area contributed by atoms with Gasteiger partial charge in [0.05, 0.1) is 40.4 Å². The molecule has 1 saturated carbocycles. The van der Waals surface area contributed by atoms with Crippen molar-refractivity contribution in [2.75, 3.05) is 5.43 Å². The highest BCUT2D eigenvalue weighted by atomic mass is 79.9. The maximum Gasteiger partial charge on any atom is 0.251 e. The number of hydrogen-bond donors (Lipinski definition) is 3. The van der Waals surface area contributed by atoms with Gasteiger partial charge in [-0.3, -0.25) is 15.4 Å². The summed E-state index contributed by atoms with van der Waals surface area (Å²) in [4.78, 5) is 22.6. The van der Waals surface area contributed by atoms with E-state index in [2.05, 4.69) is 115 Å². The van der Waals surface area contributed by atoms with Crippen molar-refractivity contribution in [2.45, 2.75) is 46.6 Å². The maximum atomic E-state index is 14.6. The average Bonchev–Trinajstić information content (AvgIpc) is 3.87. The number of carbonyl (C=O) groups is 2. The summed E-state index contributed by atoms with van der Waals surface area (Å²) in [5.74, 6) is 4.09. The summed E-state index contributed by atoms with van der Waals surface area (Å²) in [7, 11) is 0. The van der Waals surface area contributed by atoms with Crippen LogP contribution in [0.5, 0.6) is 0 Å². The van der Waals surface area contributed by atoms with Gasteiger partial charge in [0.1, 0.15) is 11.6 Å². The van der Waals surface area contributed by atoms with Crippen LogP contribution in [-0.4, -0.2) is 37.8 Å². The number of anilines is 1. The fourth-order valence-corrected chi connectivity index (χ4v) is 7.84. The van der Waals surface area contributed by atoms with Gasteiger partial charge in [-0.05, 0) is 171 Å². The lowest BCUT2D eigenvalue weighted by atomic mass is 9.96. The molecule has 7 aromatic carbocycles. The number of rotatable bonds is 7. The normalized spacial score (nSPS) is 11.7. The molecule has 13 heteroatoms. The molecule has 9 nitrogen and oxygen atoms in total. The van der Waals surface area contributed by atoms with Crippen LogP contribution in [0.3, 0.4) is 0 Å². The Morgan fingerprint density at radius 1 is 0.667 bits per heavy atom. The standard InChI is InChI=1S/C25H22FN3O.C14H11BrN2.C7H4BrFO.C7H10N2/c1-15-4-3-5-21(10-15)29-24-9-6-17(11-19(24)14-27-29)22-12-18(13-23(26)16(22)2)25(30)28-20-7-8-20;1-10-3-2-4-13(7-10)17-14-6-5-12(15)8-11(14)9-16-17;8-6-1-2-7(9)5(3-6)4-10;1-6-3-2-4-7(5-6)9-8/h3-6,9-14,20H,7-8H2,1-2H3,(H,28,30);2-9H,1H3;1-4H;2-5,9H,8H2,1H3. The van der Waals surface area contributed by atoms with Gasteiger partial charge in [-0.1, -0.05) is 74.3 Å². The molecule has 2 aromatic heterocycles. The first kappa shape index (κ1) is 47.2. The Hall–Kier alpha value is -6.80. The largest absolute Gasteiger partial charge is 0.349 e. The summed E-state index contributed by atoms with van der Waals surface area (Å²) >= 11 is 6.58. The minimum absolute atomic E-state index is 0.0781. The number of aromatic nitrogens is 4. The number of nitrogens with two attached hydrogens (primary N) is 1. The van der Waals surface area contributed by atoms with E-state index in [1.54, 1.807) is 19.1 Å². The summed E-state index contributed by atoms with van der Waals surface area (Å²) in [6.45, 7) is 7.91. The molecule has 0 bridgehead atoms. The van der Waals surface area contributed by atoms with Crippen molar-refractivity contribution in [3.63, 3.8) is 0 Å². The zero-order valence-electron chi connectivity index (χ0n) is 36.7. The van der Waals surface area contributed by atoms with Crippen molar-refractivity contribution in [1.82, 2.24) is 24.9 Å². The lowest BCUT2D eigenvalue weighted by Gasteiger charge is -2.12. The van der Waals surface area contributed by atoms with Crippen molar-refractivity contribution < 1.29 is 18.4 Å². The first-order valence-electron chi connectivity index (χ1n) is 21.1. The highest BCUT2D eigenvalue weighted by Crippen LogP contribution is 2.31. The number of nitrogens with zero attached hydrogens (tertiary/aromatic N) is 4. The molecular formula is C53H47Br2F2N7O2. The van der Waals surface area contributed by atoms with Crippen LogP contribution in [0.15, 0.2) is 161 Å². The minimum atomic E-state index is -0.488. The quantitative estimate of drug-likeness (QED) is 0.0831. The molecule has 1 aliphatic carbocycles. The fourth-order valence-electron chi connectivity index (χ4n) is 7.08. The van der Waals surface area contributed by atoms with E-state index in [0.29, 0.717) is 21.9 Å². The number of aldehydes is 1. The van der Waals surface area contributed by atoms with Gasteiger partial charge in [0.2, 0.25) is 0 Å². The zero-order chi connectivity index (χ0) is 46.9. The molecule has 334 valence electrons. The average molecular weight is 1010 g/mol. The number of hydrogen-bond acceptors (Lipinski definition) is 6. The molecule has 0 saturated heterocycles. The van der Waals surface area contributed by atoms with E-state index < -0.39 is 5.82 Å². The van der Waals surface area contributed by atoms with Crippen molar-refractivity contribution in [1.29, 1.82) is 0 Å². The second-order valence-electron chi connectivity index (χ2n) is 15.9. The third-order valence-electron chi connectivity index (χ3n) is 10.7. The van der Waals surface area contributed by atoms with Gasteiger partial charge in [0, 0.05) is 37.0 Å². The Morgan fingerprint density at radius 2 is 1.23 bits per heavy atom. The Labute approximate surface area is 398 Å². The summed E-state index contributed by atoms with van der Waals surface area (Å²) in [6, 6.07) is 44.1. The van der Waals surface area contributed by atoms with E-state index in [-0.39, 0.29) is 23.3 Å². The summed E-state index contributed by atoms with van der Waals surface area (Å²) in [5, 5.41) is 14.0. The third kappa shape index (κ3) is 11.9. The Kier molecular flexibility index (Phi) is 15.3. The molecule has 1 aliphatic rings. The van der Waals surface area contributed by atoms with Crippen LogP contribution in [-0.2, 0) is 0 Å². The number of benzene rings is 7. The molecule has 0 aliphatic heterocycles. The molecule has 1 amide bonds. The van der Waals surface area contributed by atoms with Gasteiger partial charge >= 0.3 is 0 Å². The van der Waals surface area contributed by atoms with Crippen LogP contribution < -0.4 is 16.6 Å². The number of aryl methyl sites for hydroxylation is 3. The predicted octanol–water partition coefficient (Wildman–Crippen LogP) is 13.1. The van der Waals surface area contributed by atoms with Crippen molar-refractivity contribution >= 4 is 71.5 Å². The first-order chi connectivity index (χ1) is 31.8. The Morgan fingerprint density at radius 3 is 1.77 bits per heavy atom. The van der Waals surface area contributed by atoms with Crippen LogP contribution in [0, 0.1) is 39.3 Å². The van der Waals surface area contributed by atoms with Crippen LogP contribution in [0.2, 0.25) is 0 Å². The number of hydrazine groups is 1. The zero-order valence-corrected chi connectivity index (χ0v) is 39.9. The van der Waals surface area contributed by atoms with E-state index in [1.807, 2.05) is 89.3 Å². The Bertz CT molecular complexity index is 3180. The minimum Gasteiger partial charge on any atom is -0.349 e. The maximum absolute atomic E-state index is 14.6. The molecule has 1 fully saturated rings. The first-order valence-corrected chi connectivity index (χ1v) is 22.7. The second-order valence-corrected chi connectivity index (χ2v) is 17.8. The number of fused-ring (bicyclic) bond motifs is 2. The van der Waals surface area contributed by atoms with Crippen molar-refractivity contribution in [2.24, 2.45) is 5.84 Å². The molecule has 2 heterocycles. The second kappa shape index (κ2) is 21.5. The highest BCUT2D eigenvalue weighted by Gasteiger charge is 2.25. The summed E-state index contributed by atoms with van der Waals surface area (Å²) in [6.07, 6.45) is 6.18. The molecule has 10 rings (SSSR count). The van der Waals surface area contributed by atoms with Crippen LogP contribution in [0.25, 0.3) is 44.3 Å². The van der Waals surface area contributed by atoms with Crippen LogP contribution >= 0.6 is 31.9 Å². The molecule has 9 aromatic rings. The SMILES string of the molecule is Cc1cccc(-n2ncc3cc(-c4cc(C(=O)NC5CC5)cc(F)c4C)ccc32)c1.Cc1cccc(-n2ncc3cc(Br)ccc32)c1.Cc1cccc(NN)c1.O=Cc1cc(Br)ccc1F. The van der Waals surface area contributed by atoms with Gasteiger partial charge in [0.15, 0.2) is 6.29 Å². The van der Waals surface area contributed by atoms with Crippen LogP contribution in [0.1, 0.15) is 55.8 Å². The number of halogens is 4.